The quantitative estimate of drug-likeness (QED) is 0.409. The van der Waals surface area contributed by atoms with Crippen LogP contribution >= 0.6 is 0 Å². The lowest BCUT2D eigenvalue weighted by molar-refractivity contribution is -0.138. The molecule has 0 aromatic rings. The van der Waals surface area contributed by atoms with E-state index in [0.717, 1.165) is 32.2 Å². The van der Waals surface area contributed by atoms with Crippen LogP contribution in [0.15, 0.2) is 11.6 Å². The molecule has 3 atom stereocenters. The van der Waals surface area contributed by atoms with Gasteiger partial charge in [0.15, 0.2) is 0 Å². The number of likely N-dealkylation sites (tertiary alicyclic amines) is 1. The van der Waals surface area contributed by atoms with Crippen molar-refractivity contribution < 1.29 is 19.1 Å². The molecule has 0 bridgehead atoms. The molecule has 1 fully saturated rings. The largest absolute Gasteiger partial charge is 0.463 e. The van der Waals surface area contributed by atoms with Crippen LogP contribution in [-0.4, -0.2) is 60.5 Å². The highest BCUT2D eigenvalue weighted by molar-refractivity contribution is 5.91. The van der Waals surface area contributed by atoms with Gasteiger partial charge in [-0.2, -0.15) is 0 Å². The number of carbonyl (C=O) groups is 3. The van der Waals surface area contributed by atoms with Crippen LogP contribution in [0, 0.1) is 5.41 Å². The minimum Gasteiger partial charge on any atom is -0.463 e. The van der Waals surface area contributed by atoms with E-state index in [-0.39, 0.29) is 24.4 Å². The molecule has 0 aliphatic carbocycles. The number of amides is 2. The molecular weight excluding hydrogens is 406 g/mol. The molecule has 2 amide bonds. The Morgan fingerprint density at radius 1 is 1.16 bits per heavy atom. The normalized spacial score (nSPS) is 19.2. The lowest BCUT2D eigenvalue weighted by Crippen LogP contribution is -2.59. The number of rotatable bonds is 9. The first-order chi connectivity index (χ1) is 15.0. The SMILES string of the molecule is CC.CCOC(=O)/C(C)=C/CNC(=O)C(NC(=O)C1CCCCN1C(C)CC)C(C)(C)C. The molecule has 2 N–H and O–H groups in total. The third kappa shape index (κ3) is 9.72. The monoisotopic (exact) mass is 453 g/mol. The molecule has 0 radical (unpaired) electrons. The number of nitrogens with one attached hydrogen (secondary N) is 2. The molecule has 1 aliphatic rings. The zero-order valence-corrected chi connectivity index (χ0v) is 21.8. The lowest BCUT2D eigenvalue weighted by atomic mass is 9.85. The van der Waals surface area contributed by atoms with Crippen molar-refractivity contribution >= 4 is 17.8 Å². The number of hydrogen-bond donors (Lipinski definition) is 2. The molecule has 0 spiro atoms. The van der Waals surface area contributed by atoms with E-state index in [0.29, 0.717) is 18.2 Å². The van der Waals surface area contributed by atoms with Gasteiger partial charge in [0.2, 0.25) is 11.8 Å². The van der Waals surface area contributed by atoms with Crippen LogP contribution in [0.5, 0.6) is 0 Å². The van der Waals surface area contributed by atoms with E-state index in [2.05, 4.69) is 29.4 Å². The second-order valence-corrected chi connectivity index (χ2v) is 9.17. The number of ether oxygens (including phenoxy) is 1. The highest BCUT2D eigenvalue weighted by Gasteiger charge is 2.37. The van der Waals surface area contributed by atoms with Crippen molar-refractivity contribution in [2.75, 3.05) is 19.7 Å². The summed E-state index contributed by atoms with van der Waals surface area (Å²) in [5.74, 6) is -0.729. The van der Waals surface area contributed by atoms with Gasteiger partial charge in [0.05, 0.1) is 12.6 Å². The lowest BCUT2D eigenvalue weighted by Gasteiger charge is -2.40. The predicted molar refractivity (Wildman–Crippen MR) is 130 cm³/mol. The van der Waals surface area contributed by atoms with Gasteiger partial charge in [-0.3, -0.25) is 14.5 Å². The van der Waals surface area contributed by atoms with Crippen molar-refractivity contribution in [2.45, 2.75) is 106 Å². The summed E-state index contributed by atoms with van der Waals surface area (Å²) in [4.78, 5) is 39.9. The maximum absolute atomic E-state index is 13.1. The Balaban J connectivity index is 0.00000466. The fourth-order valence-corrected chi connectivity index (χ4v) is 3.65. The van der Waals surface area contributed by atoms with E-state index >= 15 is 0 Å². The second-order valence-electron chi connectivity index (χ2n) is 9.17. The average Bonchev–Trinajstić information content (AvgIpc) is 2.77. The van der Waals surface area contributed by atoms with E-state index in [9.17, 15) is 14.4 Å². The van der Waals surface area contributed by atoms with Gasteiger partial charge in [0.25, 0.3) is 0 Å². The predicted octanol–water partition coefficient (Wildman–Crippen LogP) is 3.82. The summed E-state index contributed by atoms with van der Waals surface area (Å²) >= 11 is 0. The molecule has 3 unspecified atom stereocenters. The Hall–Kier alpha value is -1.89. The Kier molecular flexibility index (Phi) is 14.1. The molecule has 1 rings (SSSR count). The summed E-state index contributed by atoms with van der Waals surface area (Å²) in [5.41, 5.74) is -0.00455. The zero-order valence-electron chi connectivity index (χ0n) is 21.8. The van der Waals surface area contributed by atoms with Crippen molar-refractivity contribution in [3.05, 3.63) is 11.6 Å². The molecule has 1 heterocycles. The zero-order chi connectivity index (χ0) is 24.9. The van der Waals surface area contributed by atoms with Crippen LogP contribution in [0.2, 0.25) is 0 Å². The van der Waals surface area contributed by atoms with Gasteiger partial charge in [-0.05, 0) is 52.0 Å². The molecule has 1 aliphatic heterocycles. The minimum atomic E-state index is -0.665. The van der Waals surface area contributed by atoms with Crippen LogP contribution in [-0.2, 0) is 19.1 Å². The van der Waals surface area contributed by atoms with E-state index in [1.165, 1.54) is 0 Å². The van der Waals surface area contributed by atoms with Crippen molar-refractivity contribution in [1.82, 2.24) is 15.5 Å². The topological polar surface area (TPSA) is 87.7 Å². The molecule has 32 heavy (non-hydrogen) atoms. The van der Waals surface area contributed by atoms with E-state index in [1.807, 2.05) is 34.6 Å². The third-order valence-electron chi connectivity index (χ3n) is 5.70. The van der Waals surface area contributed by atoms with Crippen molar-refractivity contribution in [3.63, 3.8) is 0 Å². The summed E-state index contributed by atoms with van der Waals surface area (Å²) in [5, 5.41) is 5.83. The van der Waals surface area contributed by atoms with Crippen molar-refractivity contribution in [2.24, 2.45) is 5.41 Å². The van der Waals surface area contributed by atoms with Gasteiger partial charge in [-0.15, -0.1) is 0 Å². The van der Waals surface area contributed by atoms with E-state index in [1.54, 1.807) is 19.9 Å². The van der Waals surface area contributed by atoms with Gasteiger partial charge in [0.1, 0.15) is 6.04 Å². The minimum absolute atomic E-state index is 0.0803. The van der Waals surface area contributed by atoms with Gasteiger partial charge >= 0.3 is 5.97 Å². The fraction of sp³-hybridized carbons (Fsp3) is 0.800. The first kappa shape index (κ1) is 30.1. The summed E-state index contributed by atoms with van der Waals surface area (Å²) in [6.07, 6.45) is 5.55. The van der Waals surface area contributed by atoms with E-state index < -0.39 is 17.4 Å². The first-order valence-electron chi connectivity index (χ1n) is 12.2. The van der Waals surface area contributed by atoms with Crippen molar-refractivity contribution in [1.29, 1.82) is 0 Å². The fourth-order valence-electron chi connectivity index (χ4n) is 3.65. The summed E-state index contributed by atoms with van der Waals surface area (Å²) in [7, 11) is 0. The summed E-state index contributed by atoms with van der Waals surface area (Å²) < 4.78 is 4.94. The molecule has 186 valence electrons. The Morgan fingerprint density at radius 2 is 1.78 bits per heavy atom. The number of hydrogen-bond acceptors (Lipinski definition) is 5. The molecular formula is C25H47N3O4. The highest BCUT2D eigenvalue weighted by Crippen LogP contribution is 2.24. The van der Waals surface area contributed by atoms with Crippen LogP contribution in [0.3, 0.4) is 0 Å². The van der Waals surface area contributed by atoms with Gasteiger partial charge in [-0.25, -0.2) is 4.79 Å². The number of carbonyl (C=O) groups excluding carboxylic acids is 3. The number of nitrogens with zero attached hydrogens (tertiary/aromatic N) is 1. The first-order valence-corrected chi connectivity index (χ1v) is 12.2. The molecule has 0 aromatic heterocycles. The third-order valence-corrected chi connectivity index (χ3v) is 5.70. The molecule has 7 heteroatoms. The number of esters is 1. The van der Waals surface area contributed by atoms with Crippen LogP contribution in [0.1, 0.15) is 88.0 Å². The molecule has 0 aromatic carbocycles. The second kappa shape index (κ2) is 15.0. The Bertz CT molecular complexity index is 625. The highest BCUT2D eigenvalue weighted by atomic mass is 16.5. The van der Waals surface area contributed by atoms with Crippen LogP contribution < -0.4 is 10.6 Å². The van der Waals surface area contributed by atoms with Crippen molar-refractivity contribution in [3.8, 4) is 0 Å². The summed E-state index contributed by atoms with van der Waals surface area (Å²) in [6, 6.07) is -0.529. The standard InChI is InChI=1S/C23H41N3O4.C2H6/c1-8-17(4)26-15-11-10-12-18(26)20(27)25-19(23(5,6)7)21(28)24-14-13-16(3)22(29)30-9-2;1-2/h13,17-19H,8-12,14-15H2,1-7H3,(H,24,28)(H,25,27);1-2H3/b16-13+;. The molecule has 7 nitrogen and oxygen atoms in total. The van der Waals surface area contributed by atoms with Crippen LogP contribution in [0.25, 0.3) is 0 Å². The van der Waals surface area contributed by atoms with Gasteiger partial charge in [-0.1, -0.05) is 54.0 Å². The Labute approximate surface area is 195 Å². The van der Waals surface area contributed by atoms with Gasteiger partial charge < -0.3 is 15.4 Å². The smallest absolute Gasteiger partial charge is 0.333 e. The number of piperidine rings is 1. The average molecular weight is 454 g/mol. The van der Waals surface area contributed by atoms with E-state index in [4.69, 9.17) is 4.74 Å². The van der Waals surface area contributed by atoms with Crippen LogP contribution in [0.4, 0.5) is 0 Å². The Morgan fingerprint density at radius 3 is 2.31 bits per heavy atom. The molecule has 0 saturated carbocycles. The maximum atomic E-state index is 13.1. The van der Waals surface area contributed by atoms with Gasteiger partial charge in [0, 0.05) is 18.2 Å². The summed E-state index contributed by atoms with van der Waals surface area (Å²) in [6.45, 7) is 18.9. The maximum Gasteiger partial charge on any atom is 0.333 e. The molecule has 1 saturated heterocycles.